The molecule has 2 N–H and O–H groups in total. The van der Waals surface area contributed by atoms with Crippen LogP contribution in [0.15, 0.2) is 16.6 Å². The summed E-state index contributed by atoms with van der Waals surface area (Å²) in [7, 11) is 1.45. The van der Waals surface area contributed by atoms with Gasteiger partial charge in [-0.3, -0.25) is 0 Å². The zero-order chi connectivity index (χ0) is 9.84. The number of benzene rings is 1. The van der Waals surface area contributed by atoms with E-state index in [1.807, 2.05) is 6.07 Å². The largest absolute Gasteiger partial charge is 0.493 e. The maximum absolute atomic E-state index is 13.2. The Kier molecular flexibility index (Phi) is 3.69. The molecular formula is C9H11BrFNO. The van der Waals surface area contributed by atoms with E-state index in [0.29, 0.717) is 17.4 Å². The van der Waals surface area contributed by atoms with E-state index in [1.165, 1.54) is 13.2 Å². The maximum Gasteiger partial charge on any atom is 0.166 e. The van der Waals surface area contributed by atoms with Crippen LogP contribution in [0.5, 0.6) is 5.75 Å². The van der Waals surface area contributed by atoms with E-state index in [-0.39, 0.29) is 11.6 Å². The molecule has 0 aromatic heterocycles. The monoisotopic (exact) mass is 247 g/mol. The summed E-state index contributed by atoms with van der Waals surface area (Å²) in [6, 6.07) is 3.19. The molecule has 0 saturated carbocycles. The van der Waals surface area contributed by atoms with E-state index in [1.54, 1.807) is 0 Å². The first-order chi connectivity index (χ1) is 6.19. The van der Waals surface area contributed by atoms with Crippen molar-refractivity contribution in [3.63, 3.8) is 0 Å². The lowest BCUT2D eigenvalue weighted by atomic mass is 10.1. The van der Waals surface area contributed by atoms with Gasteiger partial charge in [0, 0.05) is 4.47 Å². The molecular weight excluding hydrogens is 237 g/mol. The van der Waals surface area contributed by atoms with Crippen molar-refractivity contribution >= 4 is 15.9 Å². The summed E-state index contributed by atoms with van der Waals surface area (Å²) < 4.78 is 18.9. The second kappa shape index (κ2) is 4.58. The van der Waals surface area contributed by atoms with E-state index in [4.69, 9.17) is 10.5 Å². The molecule has 1 aromatic carbocycles. The molecule has 2 nitrogen and oxygen atoms in total. The Balaban J connectivity index is 3.13. The number of nitrogens with two attached hydrogens (primary N) is 1. The first-order valence-corrected chi connectivity index (χ1v) is 4.70. The Labute approximate surface area is 85.0 Å². The molecule has 0 bridgehead atoms. The summed E-state index contributed by atoms with van der Waals surface area (Å²) >= 11 is 3.21. The minimum absolute atomic E-state index is 0.286. The molecule has 0 atom stereocenters. The molecule has 0 aliphatic carbocycles. The number of halogens is 2. The average Bonchev–Trinajstić information content (AvgIpc) is 2.04. The van der Waals surface area contributed by atoms with Crippen LogP contribution in [-0.2, 0) is 6.42 Å². The summed E-state index contributed by atoms with van der Waals surface area (Å²) in [6.45, 7) is 0.478. The predicted octanol–water partition coefficient (Wildman–Crippen LogP) is 2.10. The van der Waals surface area contributed by atoms with Gasteiger partial charge < -0.3 is 10.5 Å². The number of methoxy groups -OCH3 is 1. The number of rotatable bonds is 3. The van der Waals surface area contributed by atoms with Crippen molar-refractivity contribution in [1.82, 2.24) is 0 Å². The lowest BCUT2D eigenvalue weighted by Gasteiger charge is -2.08. The minimum atomic E-state index is -0.361. The summed E-state index contributed by atoms with van der Waals surface area (Å²) in [5.41, 5.74) is 6.18. The Morgan fingerprint density at radius 2 is 2.23 bits per heavy atom. The van der Waals surface area contributed by atoms with Gasteiger partial charge in [0.2, 0.25) is 0 Å². The Hall–Kier alpha value is -0.610. The van der Waals surface area contributed by atoms with Gasteiger partial charge in [-0.2, -0.15) is 0 Å². The Morgan fingerprint density at radius 1 is 1.54 bits per heavy atom. The van der Waals surface area contributed by atoms with Crippen molar-refractivity contribution in [2.24, 2.45) is 5.73 Å². The van der Waals surface area contributed by atoms with E-state index < -0.39 is 0 Å². The van der Waals surface area contributed by atoms with Crippen LogP contribution in [0.2, 0.25) is 0 Å². The molecule has 1 rings (SSSR count). The van der Waals surface area contributed by atoms with Gasteiger partial charge in [0.05, 0.1) is 7.11 Å². The maximum atomic E-state index is 13.2. The van der Waals surface area contributed by atoms with Crippen LogP contribution < -0.4 is 10.5 Å². The zero-order valence-corrected chi connectivity index (χ0v) is 8.90. The molecule has 0 fully saturated rings. The van der Waals surface area contributed by atoms with Crippen molar-refractivity contribution in [2.45, 2.75) is 6.42 Å². The molecule has 0 aliphatic heterocycles. The van der Waals surface area contributed by atoms with Crippen molar-refractivity contribution in [3.8, 4) is 5.75 Å². The predicted molar refractivity (Wildman–Crippen MR) is 53.4 cm³/mol. The first-order valence-electron chi connectivity index (χ1n) is 3.91. The highest BCUT2D eigenvalue weighted by molar-refractivity contribution is 9.10. The molecule has 0 unspecified atom stereocenters. The van der Waals surface area contributed by atoms with Gasteiger partial charge in [-0.05, 0) is 30.7 Å². The van der Waals surface area contributed by atoms with Gasteiger partial charge in [0.1, 0.15) is 0 Å². The van der Waals surface area contributed by atoms with Crippen LogP contribution in [0.1, 0.15) is 5.56 Å². The molecule has 1 aromatic rings. The van der Waals surface area contributed by atoms with Crippen LogP contribution in [0.25, 0.3) is 0 Å². The Bertz CT molecular complexity index is 304. The van der Waals surface area contributed by atoms with Gasteiger partial charge in [-0.1, -0.05) is 15.9 Å². The highest BCUT2D eigenvalue weighted by atomic mass is 79.9. The fraction of sp³-hybridized carbons (Fsp3) is 0.333. The van der Waals surface area contributed by atoms with Crippen molar-refractivity contribution in [3.05, 3.63) is 28.0 Å². The molecule has 13 heavy (non-hydrogen) atoms. The average molecular weight is 248 g/mol. The summed E-state index contributed by atoms with van der Waals surface area (Å²) in [6.07, 6.45) is 0.611. The second-order valence-electron chi connectivity index (χ2n) is 2.62. The molecule has 0 amide bonds. The SMILES string of the molecule is COc1c(F)cc(Br)cc1CCN. The highest BCUT2D eigenvalue weighted by Crippen LogP contribution is 2.27. The first kappa shape index (κ1) is 10.5. The normalized spacial score (nSPS) is 10.2. The standard InChI is InChI=1S/C9H11BrFNO/c1-13-9-6(2-3-12)4-7(10)5-8(9)11/h4-5H,2-3,12H2,1H3. The fourth-order valence-corrected chi connectivity index (χ4v) is 1.66. The van der Waals surface area contributed by atoms with E-state index in [2.05, 4.69) is 15.9 Å². The van der Waals surface area contributed by atoms with Crippen molar-refractivity contribution < 1.29 is 9.13 Å². The molecule has 72 valence electrons. The Morgan fingerprint density at radius 3 is 2.77 bits per heavy atom. The molecule has 4 heteroatoms. The third kappa shape index (κ3) is 2.42. The third-order valence-electron chi connectivity index (χ3n) is 1.70. The minimum Gasteiger partial charge on any atom is -0.493 e. The van der Waals surface area contributed by atoms with Gasteiger partial charge in [0.25, 0.3) is 0 Å². The van der Waals surface area contributed by atoms with Gasteiger partial charge in [-0.25, -0.2) is 4.39 Å². The lowest BCUT2D eigenvalue weighted by Crippen LogP contribution is -2.05. The van der Waals surface area contributed by atoms with Gasteiger partial charge >= 0.3 is 0 Å². The van der Waals surface area contributed by atoms with E-state index >= 15 is 0 Å². The van der Waals surface area contributed by atoms with Gasteiger partial charge in [-0.15, -0.1) is 0 Å². The van der Waals surface area contributed by atoms with Crippen LogP contribution in [0, 0.1) is 5.82 Å². The summed E-state index contributed by atoms with van der Waals surface area (Å²) in [5.74, 6) is -0.0750. The molecule has 0 spiro atoms. The highest BCUT2D eigenvalue weighted by Gasteiger charge is 2.09. The van der Waals surface area contributed by atoms with Gasteiger partial charge in [0.15, 0.2) is 11.6 Å². The van der Waals surface area contributed by atoms with Crippen LogP contribution in [-0.4, -0.2) is 13.7 Å². The number of ether oxygens (including phenoxy) is 1. The van der Waals surface area contributed by atoms with Crippen molar-refractivity contribution in [2.75, 3.05) is 13.7 Å². The van der Waals surface area contributed by atoms with Crippen molar-refractivity contribution in [1.29, 1.82) is 0 Å². The van der Waals surface area contributed by atoms with E-state index in [9.17, 15) is 4.39 Å². The molecule has 0 radical (unpaired) electrons. The van der Waals surface area contributed by atoms with E-state index in [0.717, 1.165) is 5.56 Å². The van der Waals surface area contributed by atoms with Crippen LogP contribution in [0.3, 0.4) is 0 Å². The molecule has 0 saturated heterocycles. The third-order valence-corrected chi connectivity index (χ3v) is 2.16. The van der Waals surface area contributed by atoms with Crippen LogP contribution in [0.4, 0.5) is 4.39 Å². The fourth-order valence-electron chi connectivity index (χ4n) is 1.18. The summed E-state index contributed by atoms with van der Waals surface area (Å²) in [5, 5.41) is 0. The second-order valence-corrected chi connectivity index (χ2v) is 3.53. The number of hydrogen-bond donors (Lipinski definition) is 1. The lowest BCUT2D eigenvalue weighted by molar-refractivity contribution is 0.381. The topological polar surface area (TPSA) is 35.2 Å². The number of hydrogen-bond acceptors (Lipinski definition) is 2. The molecule has 0 aliphatic rings. The zero-order valence-electron chi connectivity index (χ0n) is 7.31. The quantitative estimate of drug-likeness (QED) is 0.888. The van der Waals surface area contributed by atoms with Crippen LogP contribution >= 0.6 is 15.9 Å². The molecule has 0 heterocycles. The summed E-state index contributed by atoms with van der Waals surface area (Å²) in [4.78, 5) is 0. The smallest absolute Gasteiger partial charge is 0.166 e.